The highest BCUT2D eigenvalue weighted by molar-refractivity contribution is 8.00. The third-order valence-electron chi connectivity index (χ3n) is 21.7. The van der Waals surface area contributed by atoms with Crippen molar-refractivity contribution in [2.75, 3.05) is 43.5 Å². The SMILES string of the molecule is CC(C)[C@H](NC(=O)[C@H](CCC(N)=O)NC(=O)[C@H](CCCNC(=N)N)NC(=O)[C@H](Cc1ccccc1)NC(=O)[C@H](C)NC(=O)[C@H](CS)NC(=O)CNC(=O)[C@H](Cc1c[nH]c2ccccc12)NC(=O)[C@H](CO)NC(=O)[C@H](CC(N)=O)NC(=O)CCCCCNC(=O)CCCC[C@@H]1SC[C@@H]2NC(=O)N[C@@H]21)C(=O)N[C@@H](CS)C(=O)N[C@@H](Cc1c[nH]cn1)C(=O)N[C@H](C(=O)N[C@H](C(=O)O)[C@@H](C)O)[C@@H](C)O. The number of para-hydroxylation sites is 1. The van der Waals surface area contributed by atoms with Crippen LogP contribution in [-0.4, -0.2) is 305 Å². The lowest BCUT2D eigenvalue weighted by atomic mass is 10.0. The Morgan fingerprint density at radius 1 is 0.496 bits per heavy atom. The summed E-state index contributed by atoms with van der Waals surface area (Å²) in [6, 6.07) is -6.37. The van der Waals surface area contributed by atoms with Gasteiger partial charge < -0.3 is 143 Å². The Hall–Kier alpha value is -12.9. The quantitative estimate of drug-likeness (QED) is 0.00642. The number of unbranched alkanes of at least 4 members (excludes halogenated alkanes) is 3. The minimum Gasteiger partial charge on any atom is -0.480 e. The van der Waals surface area contributed by atoms with Crippen LogP contribution in [0.25, 0.3) is 10.9 Å². The van der Waals surface area contributed by atoms with Gasteiger partial charge in [-0.1, -0.05) is 75.2 Å². The Labute approximate surface area is 792 Å². The Kier molecular flexibility index (Phi) is 46.3. The van der Waals surface area contributed by atoms with Gasteiger partial charge in [-0.05, 0) is 88.8 Å². The number of guanidine groups is 1. The summed E-state index contributed by atoms with van der Waals surface area (Å²) in [5.74, 6) is -19.5. The van der Waals surface area contributed by atoms with Crippen LogP contribution in [0.4, 0.5) is 4.79 Å². The Bertz CT molecular complexity index is 4760. The number of aliphatic carboxylic acids is 1. The summed E-state index contributed by atoms with van der Waals surface area (Å²) in [4.78, 5) is 267. The monoisotopic (exact) mass is 1950 g/mol. The number of thioether (sulfide) groups is 1. The van der Waals surface area contributed by atoms with E-state index >= 15 is 0 Å². The normalized spacial score (nSPS) is 17.0. The number of rotatable bonds is 60. The maximum Gasteiger partial charge on any atom is 0.328 e. The van der Waals surface area contributed by atoms with Gasteiger partial charge in [-0.15, -0.1) is 0 Å². The lowest BCUT2D eigenvalue weighted by molar-refractivity contribution is -0.146. The second-order valence-electron chi connectivity index (χ2n) is 32.9. The second-order valence-corrected chi connectivity index (χ2v) is 34.9. The molecular weight excluding hydrogens is 1820 g/mol. The van der Waals surface area contributed by atoms with Gasteiger partial charge >= 0.3 is 12.0 Å². The highest BCUT2D eigenvalue weighted by Crippen LogP contribution is 2.33. The molecule has 4 aromatic rings. The molecule has 2 aromatic heterocycles. The number of H-pyrrole nitrogens is 2. The van der Waals surface area contributed by atoms with E-state index in [0.29, 0.717) is 60.7 Å². The average Bonchev–Trinajstić information content (AvgIpc) is 1.63. The number of aliphatic hydroxyl groups is 3. The molecule has 2 aliphatic heterocycles. The summed E-state index contributed by atoms with van der Waals surface area (Å²) in [6.45, 7) is 4.77. The topological polar surface area (TPSA) is 768 Å². The van der Waals surface area contributed by atoms with Crippen molar-refractivity contribution in [3.8, 4) is 0 Å². The van der Waals surface area contributed by atoms with E-state index in [2.05, 4.69) is 131 Å². The zero-order valence-electron chi connectivity index (χ0n) is 75.2. The molecule has 0 aliphatic carbocycles. The number of carbonyl (C=O) groups excluding carboxylic acids is 18. The number of aromatic nitrogens is 3. The van der Waals surface area contributed by atoms with Gasteiger partial charge in [0.25, 0.3) is 0 Å². The molecule has 48 nitrogen and oxygen atoms in total. The first kappa shape index (κ1) is 111. The van der Waals surface area contributed by atoms with E-state index in [1.54, 1.807) is 72.6 Å². The molecule has 0 radical (unpaired) electrons. The van der Waals surface area contributed by atoms with E-state index in [-0.39, 0.29) is 80.0 Å². The van der Waals surface area contributed by atoms with E-state index in [1.807, 2.05) is 5.32 Å². The molecule has 19 amide bonds. The van der Waals surface area contributed by atoms with Crippen LogP contribution in [0.15, 0.2) is 73.3 Å². The molecule has 2 aliphatic rings. The largest absolute Gasteiger partial charge is 0.480 e. The first-order chi connectivity index (χ1) is 64.1. The van der Waals surface area contributed by atoms with E-state index < -0.39 is 247 Å². The highest BCUT2D eigenvalue weighted by atomic mass is 32.2. The van der Waals surface area contributed by atoms with Gasteiger partial charge in [0.15, 0.2) is 12.0 Å². The molecule has 0 unspecified atom stereocenters. The number of nitrogens with zero attached hydrogens (tertiary/aromatic N) is 1. The number of nitrogens with two attached hydrogens (primary N) is 3. The Morgan fingerprint density at radius 2 is 1.02 bits per heavy atom. The number of primary amides is 2. The molecule has 2 fully saturated rings. The summed E-state index contributed by atoms with van der Waals surface area (Å²) >= 11 is 10.3. The van der Waals surface area contributed by atoms with Crippen molar-refractivity contribution in [3.05, 3.63) is 90.1 Å². The lowest BCUT2D eigenvalue weighted by Gasteiger charge is -2.29. The van der Waals surface area contributed by atoms with Crippen molar-refractivity contribution in [1.82, 2.24) is 111 Å². The van der Waals surface area contributed by atoms with Crippen molar-refractivity contribution in [2.45, 2.75) is 245 Å². The predicted octanol–water partition coefficient (Wildman–Crippen LogP) is -7.48. The molecule has 742 valence electrons. The smallest absolute Gasteiger partial charge is 0.328 e. The van der Waals surface area contributed by atoms with Gasteiger partial charge in [0.05, 0.1) is 55.9 Å². The summed E-state index contributed by atoms with van der Waals surface area (Å²) in [7, 11) is 0. The van der Waals surface area contributed by atoms with Gasteiger partial charge in [0, 0.05) is 97.4 Å². The molecule has 2 saturated heterocycles. The fraction of sp³-hybridized carbons (Fsp3) is 0.560. The van der Waals surface area contributed by atoms with Gasteiger partial charge in [-0.2, -0.15) is 37.0 Å². The number of aromatic amines is 2. The Morgan fingerprint density at radius 3 is 1.65 bits per heavy atom. The van der Waals surface area contributed by atoms with Crippen LogP contribution in [0.1, 0.15) is 135 Å². The average molecular weight is 1950 g/mol. The van der Waals surface area contributed by atoms with Crippen molar-refractivity contribution in [3.63, 3.8) is 0 Å². The standard InChI is InChI=1S/C84H125N25O23S3/c1-41(2)66(80(128)104-58(38-134)79(127)102-54(31-47-34-89-40-94-47)76(124)107-67(43(4)111)81(129)108-68(44(5)112)82(130)131)106-73(121)51(25-26-61(85)113)99-72(120)50(21-16-28-91-83(87)88)98-74(122)52(29-45-17-8-6-9-18-45)100-70(118)42(3)95-78(126)57(37-133)97-65(117)35-93-71(119)53(30-46-33-92-49-20-12-11-19-48(46)49)101-77(125)56(36-110)103-75(123)55(32-62(86)114)96-64(116)24-10-7-15-27-90-63(115)23-14-13-22-60-69-59(39-135-60)105-84(132)109-69/h6,8-9,11-12,17-20,33-34,40-44,50-60,66-69,92,110-112,133-134H,7,10,13-16,21-32,35-39H2,1-5H3,(H2,85,113)(H2,86,114)(H,89,94)(H,90,115)(H,93,119)(H,95,126)(H,96,116)(H,97,117)(H,98,122)(H,99,120)(H,100,118)(H,101,125)(H,102,127)(H,103,123)(H,104,128)(H,106,121)(H,107,124)(H,108,129)(H,130,131)(H4,87,88,91)(H2,105,109,132)/t42-,43+,44+,50-,51-,52-,53-,54-,55-,56-,57-,58-,59-,60-,66-,67-,68-,69-/m0/s1. The molecule has 0 saturated carbocycles. The van der Waals surface area contributed by atoms with Crippen molar-refractivity contribution >= 4 is 166 Å². The zero-order valence-corrected chi connectivity index (χ0v) is 77.8. The molecule has 18 atom stereocenters. The van der Waals surface area contributed by atoms with Crippen LogP contribution < -0.4 is 113 Å². The maximum atomic E-state index is 14.8. The van der Waals surface area contributed by atoms with Crippen molar-refractivity contribution < 1.29 is 112 Å². The van der Waals surface area contributed by atoms with E-state index in [1.165, 1.54) is 33.3 Å². The van der Waals surface area contributed by atoms with E-state index in [9.17, 15) is 112 Å². The van der Waals surface area contributed by atoms with Crippen molar-refractivity contribution in [2.24, 2.45) is 23.1 Å². The number of hydrogen-bond acceptors (Lipinski definition) is 27. The third kappa shape index (κ3) is 37.5. The van der Waals surface area contributed by atoms with Crippen LogP contribution >= 0.6 is 37.0 Å². The second kappa shape index (κ2) is 56.3. The number of hydrogen-bond donors (Lipinski definition) is 30. The number of fused-ring (bicyclic) bond motifs is 2. The number of amides is 19. The number of thiol groups is 2. The number of imidazole rings is 1. The number of nitrogens with one attached hydrogen (secondary N) is 21. The fourth-order valence-electron chi connectivity index (χ4n) is 14.3. The van der Waals surface area contributed by atoms with Gasteiger partial charge in [0.2, 0.25) is 100 Å². The van der Waals surface area contributed by atoms with Gasteiger partial charge in [-0.25, -0.2) is 14.6 Å². The minimum absolute atomic E-state index is 0.0110. The number of carbonyl (C=O) groups is 19. The number of urea groups is 1. The maximum absolute atomic E-state index is 14.8. The number of benzene rings is 2. The van der Waals surface area contributed by atoms with Crippen LogP contribution in [-0.2, 0) is 106 Å². The van der Waals surface area contributed by atoms with Crippen molar-refractivity contribution in [1.29, 1.82) is 5.41 Å². The summed E-state index contributed by atoms with van der Waals surface area (Å²) in [5.41, 5.74) is 18.3. The number of carboxylic acid groups (broad SMARTS) is 1. The molecule has 0 spiro atoms. The van der Waals surface area contributed by atoms with Crippen LogP contribution in [0.2, 0.25) is 0 Å². The summed E-state index contributed by atoms with van der Waals surface area (Å²) in [6.07, 6.45) is 1.84. The number of aliphatic hydroxyl groups excluding tert-OH is 3. The summed E-state index contributed by atoms with van der Waals surface area (Å²) in [5, 5.41) is 94.3. The molecule has 2 aromatic carbocycles. The highest BCUT2D eigenvalue weighted by Gasteiger charge is 2.44. The molecule has 0 bridgehead atoms. The van der Waals surface area contributed by atoms with Crippen LogP contribution in [0.5, 0.6) is 0 Å². The van der Waals surface area contributed by atoms with E-state index in [0.717, 1.165) is 32.4 Å². The molecule has 31 N–H and O–H groups in total. The lowest BCUT2D eigenvalue weighted by Crippen LogP contribution is -2.62. The summed E-state index contributed by atoms with van der Waals surface area (Å²) < 4.78 is 0. The first-order valence-electron chi connectivity index (χ1n) is 43.9. The molecule has 6 rings (SSSR count). The number of carboxylic acids is 1. The molecule has 51 heteroatoms. The molecule has 135 heavy (non-hydrogen) atoms. The van der Waals surface area contributed by atoms with E-state index in [4.69, 9.17) is 22.6 Å². The van der Waals surface area contributed by atoms with Gasteiger partial charge in [-0.3, -0.25) is 86.9 Å². The Balaban J connectivity index is 1.07. The predicted molar refractivity (Wildman–Crippen MR) is 496 cm³/mol. The fourth-order valence-corrected chi connectivity index (χ4v) is 16.4. The molecule has 4 heterocycles. The zero-order chi connectivity index (χ0) is 99.7. The minimum atomic E-state index is -1.86. The molecular formula is C84H125N25O23S3. The third-order valence-corrected chi connectivity index (χ3v) is 24.0. The van der Waals surface area contributed by atoms with Crippen LogP contribution in [0, 0.1) is 11.3 Å². The first-order valence-corrected chi connectivity index (χ1v) is 46.2. The van der Waals surface area contributed by atoms with Gasteiger partial charge in [0.1, 0.15) is 72.5 Å². The van der Waals surface area contributed by atoms with Crippen LogP contribution in [0.3, 0.4) is 0 Å².